The molecule has 0 fully saturated rings. The van der Waals surface area contributed by atoms with Gasteiger partial charge in [0.2, 0.25) is 0 Å². The van der Waals surface area contributed by atoms with E-state index in [9.17, 15) is 0 Å². The molecule has 2 nitrogen and oxygen atoms in total. The summed E-state index contributed by atoms with van der Waals surface area (Å²) < 4.78 is 6.84. The van der Waals surface area contributed by atoms with Gasteiger partial charge in [-0.15, -0.1) is 0 Å². The quantitative estimate of drug-likeness (QED) is 0.152. The van der Waals surface area contributed by atoms with Gasteiger partial charge < -0.3 is 9.32 Å². The van der Waals surface area contributed by atoms with Crippen LogP contribution in [0.3, 0.4) is 0 Å². The van der Waals surface area contributed by atoms with Gasteiger partial charge in [-0.25, -0.2) is 0 Å². The van der Waals surface area contributed by atoms with E-state index in [2.05, 4.69) is 254 Å². The molecule has 296 valence electrons. The predicted octanol–water partition coefficient (Wildman–Crippen LogP) is 16.4. The van der Waals surface area contributed by atoms with Crippen molar-refractivity contribution in [2.24, 2.45) is 0 Å². The molecule has 0 bridgehead atoms. The SMILES string of the molecule is c1ccc(-c2ccc(N(c3ccc(-c4cccc5c4oc4c(-c6ccccc6)cccc45)cc3)c3ccc4c(c3)C(c3ccccc3)(c3ccccc3)c3ccccc3-4)cc2)cc1. The molecule has 1 heterocycles. The maximum Gasteiger partial charge on any atom is 0.143 e. The van der Waals surface area contributed by atoms with Crippen LogP contribution >= 0.6 is 0 Å². The maximum atomic E-state index is 6.84. The van der Waals surface area contributed by atoms with Crippen LogP contribution in [0.5, 0.6) is 0 Å². The Morgan fingerprint density at radius 1 is 0.286 bits per heavy atom. The number of fused-ring (bicyclic) bond motifs is 6. The summed E-state index contributed by atoms with van der Waals surface area (Å²) >= 11 is 0. The average Bonchev–Trinajstić information content (AvgIpc) is 3.90. The van der Waals surface area contributed by atoms with Gasteiger partial charge in [-0.2, -0.15) is 0 Å². The lowest BCUT2D eigenvalue weighted by Gasteiger charge is -2.35. The van der Waals surface area contributed by atoms with Crippen LogP contribution in [0.15, 0.2) is 253 Å². The first kappa shape index (κ1) is 36.6. The predicted molar refractivity (Wildman–Crippen MR) is 262 cm³/mol. The van der Waals surface area contributed by atoms with Crippen molar-refractivity contribution in [1.82, 2.24) is 0 Å². The number of anilines is 3. The molecular formula is C61H41NO. The second-order valence-electron chi connectivity index (χ2n) is 16.4. The minimum absolute atomic E-state index is 0.511. The lowest BCUT2D eigenvalue weighted by atomic mass is 9.67. The molecule has 1 aromatic heterocycles. The Morgan fingerprint density at radius 3 is 1.27 bits per heavy atom. The highest BCUT2D eigenvalue weighted by atomic mass is 16.3. The Labute approximate surface area is 367 Å². The van der Waals surface area contributed by atoms with Crippen molar-refractivity contribution in [2.75, 3.05) is 4.90 Å². The lowest BCUT2D eigenvalue weighted by Crippen LogP contribution is -2.28. The molecule has 0 N–H and O–H groups in total. The second-order valence-corrected chi connectivity index (χ2v) is 16.4. The van der Waals surface area contributed by atoms with Crippen LogP contribution in [0, 0.1) is 0 Å². The molecule has 10 aromatic carbocycles. The van der Waals surface area contributed by atoms with Gasteiger partial charge in [-0.05, 0) is 92.0 Å². The van der Waals surface area contributed by atoms with Gasteiger partial charge in [0.25, 0.3) is 0 Å². The zero-order valence-electron chi connectivity index (χ0n) is 34.5. The summed E-state index contributed by atoms with van der Waals surface area (Å²) in [6.07, 6.45) is 0. The Balaban J connectivity index is 1.02. The molecule has 63 heavy (non-hydrogen) atoms. The molecular weight excluding hydrogens is 763 g/mol. The molecule has 12 rings (SSSR count). The van der Waals surface area contributed by atoms with Gasteiger partial charge in [0.05, 0.1) is 5.41 Å². The molecule has 0 aliphatic heterocycles. The van der Waals surface area contributed by atoms with Gasteiger partial charge in [0, 0.05) is 39.0 Å². The standard InChI is InChI=1S/C61H41NO/c1-5-17-42(18-6-1)43-31-35-48(36-32-43)62(49-37-33-45(34-38-49)52-27-16-29-56-55-28-15-26-51(59(55)63-60(52)56)44-19-7-2-8-20-44)50-39-40-54-53-25-13-14-30-57(53)61(58(54)41-50,46-21-9-3-10-22-46)47-23-11-4-12-24-47/h1-41H. The molecule has 1 aliphatic carbocycles. The molecule has 2 heteroatoms. The minimum Gasteiger partial charge on any atom is -0.455 e. The lowest BCUT2D eigenvalue weighted by molar-refractivity contribution is 0.671. The molecule has 11 aromatic rings. The first-order chi connectivity index (χ1) is 31.3. The van der Waals surface area contributed by atoms with Crippen LogP contribution in [0.1, 0.15) is 22.3 Å². The first-order valence-corrected chi connectivity index (χ1v) is 21.7. The van der Waals surface area contributed by atoms with Crippen LogP contribution in [0.4, 0.5) is 17.1 Å². The smallest absolute Gasteiger partial charge is 0.143 e. The summed E-state index contributed by atoms with van der Waals surface area (Å²) in [6.45, 7) is 0. The fourth-order valence-electron chi connectivity index (χ4n) is 10.1. The summed E-state index contributed by atoms with van der Waals surface area (Å²) in [6, 6.07) is 90.0. The monoisotopic (exact) mass is 803 g/mol. The van der Waals surface area contributed by atoms with E-state index in [0.29, 0.717) is 0 Å². The van der Waals surface area contributed by atoms with E-state index in [1.165, 1.54) is 44.5 Å². The molecule has 0 radical (unpaired) electrons. The van der Waals surface area contributed by atoms with Crippen molar-refractivity contribution in [3.63, 3.8) is 0 Å². The summed E-state index contributed by atoms with van der Waals surface area (Å²) in [5, 5.41) is 2.24. The molecule has 0 atom stereocenters. The average molecular weight is 804 g/mol. The Morgan fingerprint density at radius 2 is 0.698 bits per heavy atom. The first-order valence-electron chi connectivity index (χ1n) is 21.7. The minimum atomic E-state index is -0.511. The highest BCUT2D eigenvalue weighted by molar-refractivity contribution is 6.13. The third-order valence-corrected chi connectivity index (χ3v) is 13.0. The van der Waals surface area contributed by atoms with E-state index < -0.39 is 5.41 Å². The highest BCUT2D eigenvalue weighted by Gasteiger charge is 2.46. The third-order valence-electron chi connectivity index (χ3n) is 13.0. The number of para-hydroxylation sites is 2. The summed E-state index contributed by atoms with van der Waals surface area (Å²) in [5.41, 5.74) is 18.9. The van der Waals surface area contributed by atoms with Crippen LogP contribution in [-0.4, -0.2) is 0 Å². The maximum absolute atomic E-state index is 6.84. The normalized spacial score (nSPS) is 12.6. The highest BCUT2D eigenvalue weighted by Crippen LogP contribution is 2.57. The zero-order valence-corrected chi connectivity index (χ0v) is 34.5. The van der Waals surface area contributed by atoms with Crippen molar-refractivity contribution < 1.29 is 4.42 Å². The van der Waals surface area contributed by atoms with Gasteiger partial charge in [0.1, 0.15) is 11.2 Å². The Bertz CT molecular complexity index is 3370. The number of hydrogen-bond acceptors (Lipinski definition) is 2. The number of furan rings is 1. The van der Waals surface area contributed by atoms with Gasteiger partial charge >= 0.3 is 0 Å². The van der Waals surface area contributed by atoms with Gasteiger partial charge in [0.15, 0.2) is 0 Å². The van der Waals surface area contributed by atoms with Crippen LogP contribution in [0.25, 0.3) is 66.4 Å². The molecule has 0 unspecified atom stereocenters. The molecule has 1 aliphatic rings. The fraction of sp³-hybridized carbons (Fsp3) is 0.0164. The Hall–Kier alpha value is -8.20. The van der Waals surface area contributed by atoms with Crippen LogP contribution < -0.4 is 4.90 Å². The Kier molecular flexibility index (Phi) is 8.76. The third kappa shape index (κ3) is 5.95. The topological polar surface area (TPSA) is 16.4 Å². The molecule has 0 spiro atoms. The van der Waals surface area contributed by atoms with Gasteiger partial charge in [-0.3, -0.25) is 0 Å². The number of hydrogen-bond donors (Lipinski definition) is 0. The van der Waals surface area contributed by atoms with E-state index in [1.54, 1.807) is 0 Å². The van der Waals surface area contributed by atoms with E-state index in [-0.39, 0.29) is 0 Å². The summed E-state index contributed by atoms with van der Waals surface area (Å²) in [5.74, 6) is 0. The van der Waals surface area contributed by atoms with Crippen molar-refractivity contribution in [1.29, 1.82) is 0 Å². The van der Waals surface area contributed by atoms with E-state index in [4.69, 9.17) is 4.42 Å². The van der Waals surface area contributed by atoms with Gasteiger partial charge in [-0.1, -0.05) is 212 Å². The number of nitrogens with zero attached hydrogens (tertiary/aromatic N) is 1. The zero-order chi connectivity index (χ0) is 41.7. The molecule has 0 saturated carbocycles. The van der Waals surface area contributed by atoms with Crippen LogP contribution in [-0.2, 0) is 5.41 Å². The summed E-state index contributed by atoms with van der Waals surface area (Å²) in [7, 11) is 0. The second kappa shape index (κ2) is 15.1. The van der Waals surface area contributed by atoms with Crippen LogP contribution in [0.2, 0.25) is 0 Å². The fourth-order valence-corrected chi connectivity index (χ4v) is 10.1. The molecule has 0 saturated heterocycles. The molecule has 0 amide bonds. The van der Waals surface area contributed by atoms with Crippen molar-refractivity contribution in [2.45, 2.75) is 5.41 Å². The van der Waals surface area contributed by atoms with E-state index in [0.717, 1.165) is 61.3 Å². The largest absolute Gasteiger partial charge is 0.455 e. The van der Waals surface area contributed by atoms with Crippen molar-refractivity contribution in [3.05, 3.63) is 271 Å². The van der Waals surface area contributed by atoms with E-state index in [1.807, 2.05) is 0 Å². The van der Waals surface area contributed by atoms with Crippen molar-refractivity contribution >= 4 is 39.0 Å². The number of rotatable bonds is 8. The van der Waals surface area contributed by atoms with E-state index >= 15 is 0 Å². The number of benzene rings is 10. The summed E-state index contributed by atoms with van der Waals surface area (Å²) in [4.78, 5) is 2.40. The van der Waals surface area contributed by atoms with Crippen molar-refractivity contribution in [3.8, 4) is 44.5 Å².